The molecule has 1 fully saturated rings. The molecule has 1 aliphatic heterocycles. The summed E-state index contributed by atoms with van der Waals surface area (Å²) in [6.45, 7) is 3.57. The van der Waals surface area contributed by atoms with Gasteiger partial charge in [-0.2, -0.15) is 0 Å². The Kier molecular flexibility index (Phi) is 4.40. The van der Waals surface area contributed by atoms with Gasteiger partial charge in [-0.15, -0.1) is 0 Å². The van der Waals surface area contributed by atoms with Gasteiger partial charge in [0.15, 0.2) is 0 Å². The number of nitrogens with zero attached hydrogens (tertiary/aromatic N) is 1. The summed E-state index contributed by atoms with van der Waals surface area (Å²) < 4.78 is 5.48. The van der Waals surface area contributed by atoms with Crippen LogP contribution in [0.1, 0.15) is 24.3 Å². The minimum atomic E-state index is 0.566. The van der Waals surface area contributed by atoms with Crippen LogP contribution in [0.25, 0.3) is 0 Å². The molecule has 3 nitrogen and oxygen atoms in total. The van der Waals surface area contributed by atoms with Crippen molar-refractivity contribution in [2.45, 2.75) is 18.8 Å². The van der Waals surface area contributed by atoms with E-state index in [0.29, 0.717) is 13.2 Å². The number of rotatable bonds is 4. The largest absolute Gasteiger partial charge is 0.492 e. The van der Waals surface area contributed by atoms with Gasteiger partial charge in [-0.1, -0.05) is 12.1 Å². The van der Waals surface area contributed by atoms with Gasteiger partial charge in [-0.25, -0.2) is 0 Å². The van der Waals surface area contributed by atoms with Gasteiger partial charge in [-0.05, 0) is 56.6 Å². The quantitative estimate of drug-likeness (QED) is 0.864. The average molecular weight is 234 g/mol. The molecule has 2 N–H and O–H groups in total. The predicted molar refractivity (Wildman–Crippen MR) is 70.5 cm³/mol. The van der Waals surface area contributed by atoms with Crippen molar-refractivity contribution in [3.05, 3.63) is 29.8 Å². The molecule has 17 heavy (non-hydrogen) atoms. The molecule has 0 saturated carbocycles. The normalized spacial score (nSPS) is 18.2. The maximum absolute atomic E-state index is 5.48. The van der Waals surface area contributed by atoms with Gasteiger partial charge in [0, 0.05) is 6.54 Å². The fourth-order valence-corrected chi connectivity index (χ4v) is 2.35. The van der Waals surface area contributed by atoms with Crippen LogP contribution in [0, 0.1) is 0 Å². The molecule has 0 aliphatic carbocycles. The standard InChI is InChI=1S/C14H22N2O/c1-16-9-6-13(7-10-16)12-2-4-14(5-3-12)17-11-8-15/h2-5,13H,6-11,15H2,1H3. The first-order valence-corrected chi connectivity index (χ1v) is 6.41. The Balaban J connectivity index is 1.93. The van der Waals surface area contributed by atoms with Crippen molar-refractivity contribution in [3.8, 4) is 5.75 Å². The molecule has 0 amide bonds. The van der Waals surface area contributed by atoms with Gasteiger partial charge in [-0.3, -0.25) is 0 Å². The van der Waals surface area contributed by atoms with Crippen molar-refractivity contribution in [2.24, 2.45) is 5.73 Å². The number of ether oxygens (including phenoxy) is 1. The maximum Gasteiger partial charge on any atom is 0.119 e. The van der Waals surface area contributed by atoms with E-state index < -0.39 is 0 Å². The zero-order valence-electron chi connectivity index (χ0n) is 10.6. The van der Waals surface area contributed by atoms with Crippen molar-refractivity contribution in [2.75, 3.05) is 33.3 Å². The summed E-state index contributed by atoms with van der Waals surface area (Å²) in [5.41, 5.74) is 6.85. The molecule has 1 heterocycles. The highest BCUT2D eigenvalue weighted by Gasteiger charge is 2.17. The van der Waals surface area contributed by atoms with Crippen molar-refractivity contribution in [1.82, 2.24) is 4.90 Å². The smallest absolute Gasteiger partial charge is 0.119 e. The molecule has 0 unspecified atom stereocenters. The van der Waals surface area contributed by atoms with Crippen molar-refractivity contribution in [3.63, 3.8) is 0 Å². The fraction of sp³-hybridized carbons (Fsp3) is 0.571. The minimum absolute atomic E-state index is 0.566. The molecule has 1 aromatic rings. The van der Waals surface area contributed by atoms with E-state index in [4.69, 9.17) is 10.5 Å². The Morgan fingerprint density at radius 1 is 1.24 bits per heavy atom. The number of hydrogen-bond acceptors (Lipinski definition) is 3. The number of likely N-dealkylation sites (tertiary alicyclic amines) is 1. The number of hydrogen-bond donors (Lipinski definition) is 1. The first-order valence-electron chi connectivity index (χ1n) is 6.41. The molecule has 0 bridgehead atoms. The molecule has 1 aliphatic rings. The molecule has 0 aromatic heterocycles. The van der Waals surface area contributed by atoms with E-state index in [1.54, 1.807) is 0 Å². The summed E-state index contributed by atoms with van der Waals surface area (Å²) >= 11 is 0. The lowest BCUT2D eigenvalue weighted by molar-refractivity contribution is 0.255. The third kappa shape index (κ3) is 3.45. The summed E-state index contributed by atoms with van der Waals surface area (Å²) in [5.74, 6) is 1.64. The van der Waals surface area contributed by atoms with E-state index >= 15 is 0 Å². The molecular formula is C14H22N2O. The molecule has 1 aromatic carbocycles. The van der Waals surface area contributed by atoms with Gasteiger partial charge < -0.3 is 15.4 Å². The fourth-order valence-electron chi connectivity index (χ4n) is 2.35. The van der Waals surface area contributed by atoms with Crippen LogP contribution in [0.4, 0.5) is 0 Å². The molecular weight excluding hydrogens is 212 g/mol. The lowest BCUT2D eigenvalue weighted by Gasteiger charge is -2.29. The van der Waals surface area contributed by atoms with E-state index in [0.717, 1.165) is 11.7 Å². The molecule has 0 spiro atoms. The Labute approximate surface area is 104 Å². The summed E-state index contributed by atoms with van der Waals surface area (Å²) in [6.07, 6.45) is 2.53. The van der Waals surface area contributed by atoms with Gasteiger partial charge >= 0.3 is 0 Å². The van der Waals surface area contributed by atoms with E-state index in [-0.39, 0.29) is 0 Å². The molecule has 94 valence electrons. The number of nitrogens with two attached hydrogens (primary N) is 1. The topological polar surface area (TPSA) is 38.5 Å². The van der Waals surface area contributed by atoms with Crippen LogP contribution in [-0.4, -0.2) is 38.2 Å². The van der Waals surface area contributed by atoms with Crippen molar-refractivity contribution >= 4 is 0 Å². The van der Waals surface area contributed by atoms with E-state index in [2.05, 4.69) is 36.2 Å². The first-order chi connectivity index (χ1) is 8.29. The number of benzene rings is 1. The Bertz CT molecular complexity index is 329. The van der Waals surface area contributed by atoms with Crippen molar-refractivity contribution in [1.29, 1.82) is 0 Å². The molecule has 2 rings (SSSR count). The van der Waals surface area contributed by atoms with Crippen LogP contribution in [0.5, 0.6) is 5.75 Å². The van der Waals surface area contributed by atoms with Gasteiger partial charge in [0.25, 0.3) is 0 Å². The summed E-state index contributed by atoms with van der Waals surface area (Å²) in [5, 5.41) is 0. The van der Waals surface area contributed by atoms with Gasteiger partial charge in [0.1, 0.15) is 12.4 Å². The van der Waals surface area contributed by atoms with E-state index in [9.17, 15) is 0 Å². The van der Waals surface area contributed by atoms with Gasteiger partial charge in [0.05, 0.1) is 0 Å². The first kappa shape index (κ1) is 12.4. The van der Waals surface area contributed by atoms with Crippen LogP contribution in [0.3, 0.4) is 0 Å². The lowest BCUT2D eigenvalue weighted by Crippen LogP contribution is -2.29. The lowest BCUT2D eigenvalue weighted by atomic mass is 9.90. The Morgan fingerprint density at radius 3 is 2.47 bits per heavy atom. The monoisotopic (exact) mass is 234 g/mol. The molecule has 1 saturated heterocycles. The highest BCUT2D eigenvalue weighted by molar-refractivity contribution is 5.29. The Morgan fingerprint density at radius 2 is 1.88 bits per heavy atom. The Hall–Kier alpha value is -1.06. The van der Waals surface area contributed by atoms with E-state index in [1.807, 2.05) is 0 Å². The predicted octanol–water partition coefficient (Wildman–Crippen LogP) is 1.83. The van der Waals surface area contributed by atoms with Gasteiger partial charge in [0.2, 0.25) is 0 Å². The second kappa shape index (κ2) is 6.03. The molecule has 0 radical (unpaired) electrons. The van der Waals surface area contributed by atoms with Crippen LogP contribution < -0.4 is 10.5 Å². The van der Waals surface area contributed by atoms with Crippen molar-refractivity contribution < 1.29 is 4.74 Å². The van der Waals surface area contributed by atoms with Crippen LogP contribution >= 0.6 is 0 Å². The zero-order chi connectivity index (χ0) is 12.1. The maximum atomic E-state index is 5.48. The average Bonchev–Trinajstić information content (AvgIpc) is 2.38. The minimum Gasteiger partial charge on any atom is -0.492 e. The van der Waals surface area contributed by atoms with Crippen LogP contribution in [0.15, 0.2) is 24.3 Å². The summed E-state index contributed by atoms with van der Waals surface area (Å²) in [7, 11) is 2.19. The second-order valence-corrected chi connectivity index (χ2v) is 4.78. The molecule has 0 atom stereocenters. The number of piperidine rings is 1. The SMILES string of the molecule is CN1CCC(c2ccc(OCCN)cc2)CC1. The summed E-state index contributed by atoms with van der Waals surface area (Å²) in [4.78, 5) is 2.40. The highest BCUT2D eigenvalue weighted by Crippen LogP contribution is 2.28. The second-order valence-electron chi connectivity index (χ2n) is 4.78. The molecule has 3 heteroatoms. The third-order valence-electron chi connectivity index (χ3n) is 3.46. The summed E-state index contributed by atoms with van der Waals surface area (Å²) in [6, 6.07) is 8.51. The van der Waals surface area contributed by atoms with Crippen LogP contribution in [-0.2, 0) is 0 Å². The zero-order valence-corrected chi connectivity index (χ0v) is 10.6. The third-order valence-corrected chi connectivity index (χ3v) is 3.46. The van der Waals surface area contributed by atoms with E-state index in [1.165, 1.54) is 31.5 Å². The highest BCUT2D eigenvalue weighted by atomic mass is 16.5. The van der Waals surface area contributed by atoms with Crippen LogP contribution in [0.2, 0.25) is 0 Å².